The van der Waals surface area contributed by atoms with Crippen molar-refractivity contribution in [3.63, 3.8) is 0 Å². The van der Waals surface area contributed by atoms with Crippen LogP contribution in [0.4, 0.5) is 8.78 Å². The SMILES string of the molecule is O=S(=O)(C(/C=C\c1ccc(F)cc1)c1ccc(Cl)cc1)C(/C=C\c1ccc(F)cc1)c1ccc(Cl)cc1. The molecule has 0 amide bonds. The first-order valence-electron chi connectivity index (χ1n) is 11.3. The van der Waals surface area contributed by atoms with Crippen molar-refractivity contribution in [3.8, 4) is 0 Å². The van der Waals surface area contributed by atoms with Crippen molar-refractivity contribution in [3.05, 3.63) is 153 Å². The lowest BCUT2D eigenvalue weighted by Crippen LogP contribution is -2.19. The highest BCUT2D eigenvalue weighted by Crippen LogP contribution is 2.38. The van der Waals surface area contributed by atoms with Gasteiger partial charge in [-0.25, -0.2) is 17.2 Å². The number of sulfone groups is 1. The monoisotopic (exact) mass is 554 g/mol. The molecule has 2 unspecified atom stereocenters. The summed E-state index contributed by atoms with van der Waals surface area (Å²) in [5.74, 6) is -0.763. The fourth-order valence-electron chi connectivity index (χ4n) is 3.83. The molecule has 0 fully saturated rings. The first kappa shape index (κ1) is 26.8. The smallest absolute Gasteiger partial charge is 0.171 e. The summed E-state index contributed by atoms with van der Waals surface area (Å²) in [5, 5.41) is -1.14. The normalized spacial score (nSPS) is 13.7. The summed E-state index contributed by atoms with van der Waals surface area (Å²) < 4.78 is 55.3. The van der Waals surface area contributed by atoms with Crippen LogP contribution in [0.3, 0.4) is 0 Å². The first-order chi connectivity index (χ1) is 17.7. The Labute approximate surface area is 225 Å². The summed E-state index contributed by atoms with van der Waals surface area (Å²) in [7, 11) is -3.96. The highest BCUT2D eigenvalue weighted by atomic mass is 35.5. The van der Waals surface area contributed by atoms with Crippen LogP contribution in [0, 0.1) is 11.6 Å². The van der Waals surface area contributed by atoms with Crippen LogP contribution in [0.2, 0.25) is 10.0 Å². The summed E-state index contributed by atoms with van der Waals surface area (Å²) in [6, 6.07) is 24.8. The number of hydrogen-bond donors (Lipinski definition) is 0. The zero-order valence-electron chi connectivity index (χ0n) is 19.4. The predicted octanol–water partition coefficient (Wildman–Crippen LogP) is 8.90. The van der Waals surface area contributed by atoms with Crippen molar-refractivity contribution < 1.29 is 17.2 Å². The maximum Gasteiger partial charge on any atom is 0.171 e. The minimum absolute atomic E-state index is 0.382. The van der Waals surface area contributed by atoms with Crippen LogP contribution in [0.1, 0.15) is 32.8 Å². The Bertz CT molecular complexity index is 1390. The van der Waals surface area contributed by atoms with E-state index in [1.807, 2.05) is 0 Å². The van der Waals surface area contributed by atoms with Crippen LogP contribution in [0.15, 0.2) is 109 Å². The van der Waals surface area contributed by atoms with Crippen LogP contribution in [0.25, 0.3) is 12.2 Å². The van der Waals surface area contributed by atoms with Gasteiger partial charge >= 0.3 is 0 Å². The summed E-state index contributed by atoms with van der Waals surface area (Å²) in [6.07, 6.45) is 6.47. The van der Waals surface area contributed by atoms with Crippen LogP contribution in [-0.2, 0) is 9.84 Å². The fourth-order valence-corrected chi connectivity index (χ4v) is 6.06. The van der Waals surface area contributed by atoms with Crippen molar-refractivity contribution in [2.24, 2.45) is 0 Å². The first-order valence-corrected chi connectivity index (χ1v) is 13.7. The summed E-state index contributed by atoms with van der Waals surface area (Å²) >= 11 is 12.1. The molecule has 0 aliphatic carbocycles. The Balaban J connectivity index is 1.81. The second-order valence-electron chi connectivity index (χ2n) is 8.35. The average molecular weight is 555 g/mol. The van der Waals surface area contributed by atoms with Crippen molar-refractivity contribution in [2.75, 3.05) is 0 Å². The highest BCUT2D eigenvalue weighted by molar-refractivity contribution is 7.92. The standard InChI is InChI=1S/C30H22Cl2F2O2S/c31-25-11-7-23(8-12-25)29(19-5-21-1-15-27(33)16-2-21)37(35,36)30(24-9-13-26(32)14-10-24)20-6-22-3-17-28(34)18-4-22/h1-20,29-30H/b19-5-,20-6-. The van der Waals surface area contributed by atoms with Gasteiger partial charge < -0.3 is 0 Å². The molecule has 188 valence electrons. The molecule has 0 bridgehead atoms. The quantitative estimate of drug-likeness (QED) is 0.218. The second-order valence-corrected chi connectivity index (χ2v) is 11.4. The fraction of sp³-hybridized carbons (Fsp3) is 0.0667. The largest absolute Gasteiger partial charge is 0.227 e. The van der Waals surface area contributed by atoms with Gasteiger partial charge in [-0.15, -0.1) is 0 Å². The minimum Gasteiger partial charge on any atom is -0.227 e. The highest BCUT2D eigenvalue weighted by Gasteiger charge is 2.33. The molecular weight excluding hydrogens is 533 g/mol. The van der Waals surface area contributed by atoms with E-state index in [1.54, 1.807) is 97.1 Å². The van der Waals surface area contributed by atoms with Crippen molar-refractivity contribution in [1.29, 1.82) is 0 Å². The van der Waals surface area contributed by atoms with E-state index < -0.39 is 20.3 Å². The van der Waals surface area contributed by atoms with Gasteiger partial charge in [0.05, 0.1) is 0 Å². The van der Waals surface area contributed by atoms with Crippen LogP contribution < -0.4 is 0 Å². The molecule has 4 aromatic carbocycles. The molecule has 0 N–H and O–H groups in total. The molecule has 2 atom stereocenters. The van der Waals surface area contributed by atoms with Gasteiger partial charge in [0, 0.05) is 10.0 Å². The van der Waals surface area contributed by atoms with Crippen LogP contribution in [0.5, 0.6) is 0 Å². The molecular formula is C30H22Cl2F2O2S. The number of rotatable bonds is 8. The van der Waals surface area contributed by atoms with E-state index in [4.69, 9.17) is 23.2 Å². The maximum absolute atomic E-state index is 14.3. The van der Waals surface area contributed by atoms with E-state index in [2.05, 4.69) is 0 Å². The molecule has 4 rings (SSSR count). The van der Waals surface area contributed by atoms with Crippen LogP contribution in [-0.4, -0.2) is 8.42 Å². The third-order valence-corrected chi connectivity index (χ3v) is 8.55. The lowest BCUT2D eigenvalue weighted by molar-refractivity contribution is 0.584. The molecule has 7 heteroatoms. The van der Waals surface area contributed by atoms with Crippen molar-refractivity contribution in [2.45, 2.75) is 10.5 Å². The van der Waals surface area contributed by atoms with Gasteiger partial charge in [0.1, 0.15) is 22.1 Å². The number of benzene rings is 4. The van der Waals surface area contributed by atoms with E-state index in [0.29, 0.717) is 32.3 Å². The van der Waals surface area contributed by atoms with E-state index in [1.165, 1.54) is 24.3 Å². The number of hydrogen-bond acceptors (Lipinski definition) is 2. The summed E-state index contributed by atoms with van der Waals surface area (Å²) in [6.45, 7) is 0. The third-order valence-electron chi connectivity index (χ3n) is 5.77. The van der Waals surface area contributed by atoms with Gasteiger partial charge in [-0.1, -0.05) is 96.0 Å². The zero-order valence-corrected chi connectivity index (χ0v) is 21.8. The third kappa shape index (κ3) is 6.95. The molecule has 4 aromatic rings. The van der Waals surface area contributed by atoms with Gasteiger partial charge in [-0.05, 0) is 70.8 Å². The molecule has 0 aliphatic heterocycles. The Morgan fingerprint density at radius 1 is 0.541 bits per heavy atom. The average Bonchev–Trinajstić information content (AvgIpc) is 2.88. The van der Waals surface area contributed by atoms with Gasteiger partial charge in [-0.2, -0.15) is 0 Å². The molecule has 0 aromatic heterocycles. The maximum atomic E-state index is 14.3. The number of halogens is 4. The lowest BCUT2D eigenvalue weighted by atomic mass is 10.1. The molecule has 0 radical (unpaired) electrons. The predicted molar refractivity (Wildman–Crippen MR) is 148 cm³/mol. The summed E-state index contributed by atoms with van der Waals surface area (Å²) in [5.41, 5.74) is 2.36. The van der Waals surface area contributed by atoms with Gasteiger partial charge in [0.25, 0.3) is 0 Å². The van der Waals surface area contributed by atoms with Crippen LogP contribution >= 0.6 is 23.2 Å². The lowest BCUT2D eigenvalue weighted by Gasteiger charge is -2.22. The molecule has 2 nitrogen and oxygen atoms in total. The second kappa shape index (κ2) is 11.9. The molecule has 37 heavy (non-hydrogen) atoms. The van der Waals surface area contributed by atoms with Gasteiger partial charge in [0.15, 0.2) is 9.84 Å². The Morgan fingerprint density at radius 2 is 0.865 bits per heavy atom. The molecule has 0 spiro atoms. The van der Waals surface area contributed by atoms with Crippen molar-refractivity contribution >= 4 is 45.2 Å². The van der Waals surface area contributed by atoms with E-state index in [-0.39, 0.29) is 11.6 Å². The topological polar surface area (TPSA) is 34.1 Å². The molecule has 0 saturated carbocycles. The Morgan fingerprint density at radius 3 is 1.19 bits per heavy atom. The summed E-state index contributed by atoms with van der Waals surface area (Å²) in [4.78, 5) is 0. The van der Waals surface area contributed by atoms with Gasteiger partial charge in [-0.3, -0.25) is 0 Å². The molecule has 0 saturated heterocycles. The zero-order chi connectivity index (χ0) is 26.4. The van der Waals surface area contributed by atoms with E-state index in [9.17, 15) is 17.2 Å². The van der Waals surface area contributed by atoms with Gasteiger partial charge in [0.2, 0.25) is 0 Å². The molecule has 0 heterocycles. The molecule has 0 aliphatic rings. The Hall–Kier alpha value is -3.25. The minimum atomic E-state index is -3.96. The van der Waals surface area contributed by atoms with E-state index >= 15 is 0 Å². The van der Waals surface area contributed by atoms with E-state index in [0.717, 1.165) is 0 Å². The Kier molecular flexibility index (Phi) is 8.59. The van der Waals surface area contributed by atoms with Crippen molar-refractivity contribution in [1.82, 2.24) is 0 Å².